The van der Waals surface area contributed by atoms with E-state index in [1.54, 1.807) is 11.5 Å². The quantitative estimate of drug-likeness (QED) is 0.749. The highest BCUT2D eigenvalue weighted by Crippen LogP contribution is 2.32. The van der Waals surface area contributed by atoms with E-state index in [0.29, 0.717) is 18.1 Å². The number of hydrogen-bond acceptors (Lipinski definition) is 6. The van der Waals surface area contributed by atoms with Gasteiger partial charge in [0.2, 0.25) is 5.91 Å². The Hall–Kier alpha value is -1.12. The first-order chi connectivity index (χ1) is 13.3. The largest absolute Gasteiger partial charge is 0.375 e. The van der Waals surface area contributed by atoms with Gasteiger partial charge in [0.1, 0.15) is 5.82 Å². The van der Waals surface area contributed by atoms with E-state index in [0.717, 1.165) is 64.4 Å². The number of benzene rings is 1. The lowest BCUT2D eigenvalue weighted by Crippen LogP contribution is -2.55. The van der Waals surface area contributed by atoms with Gasteiger partial charge >= 0.3 is 0 Å². The minimum Gasteiger partial charge on any atom is -0.375 e. The summed E-state index contributed by atoms with van der Waals surface area (Å²) in [6.07, 6.45) is 3.18. The van der Waals surface area contributed by atoms with Gasteiger partial charge in [0.15, 0.2) is 0 Å². The van der Waals surface area contributed by atoms with Crippen LogP contribution in [0.2, 0.25) is 0 Å². The van der Waals surface area contributed by atoms with E-state index >= 15 is 0 Å². The molecule has 2 saturated heterocycles. The fourth-order valence-corrected chi connectivity index (χ4v) is 5.53. The summed E-state index contributed by atoms with van der Waals surface area (Å²) < 4.78 is 11.7. The molecular formula is C20H28Cl2N4O2S. The maximum atomic E-state index is 13.1. The van der Waals surface area contributed by atoms with Crippen LogP contribution in [0.15, 0.2) is 24.3 Å². The van der Waals surface area contributed by atoms with E-state index in [9.17, 15) is 4.79 Å². The third-order valence-corrected chi connectivity index (χ3v) is 7.04. The zero-order valence-corrected chi connectivity index (χ0v) is 18.7. The highest BCUT2D eigenvalue weighted by Gasteiger charge is 2.38. The highest BCUT2D eigenvalue weighted by atomic mass is 35.5. The Morgan fingerprint density at radius 2 is 1.93 bits per heavy atom. The molecule has 2 aromatic rings. The van der Waals surface area contributed by atoms with Crippen LogP contribution >= 0.6 is 36.3 Å². The molecule has 3 aliphatic rings. The van der Waals surface area contributed by atoms with Gasteiger partial charge in [-0.2, -0.15) is 4.37 Å². The molecule has 0 spiro atoms. The number of morpholine rings is 1. The number of carbonyl (C=O) groups is 1. The van der Waals surface area contributed by atoms with Crippen molar-refractivity contribution in [1.82, 2.24) is 14.6 Å². The molecule has 160 valence electrons. The van der Waals surface area contributed by atoms with Gasteiger partial charge in [-0.3, -0.25) is 4.79 Å². The summed E-state index contributed by atoms with van der Waals surface area (Å²) in [6, 6.07) is 8.74. The van der Waals surface area contributed by atoms with E-state index in [-0.39, 0.29) is 30.7 Å². The van der Waals surface area contributed by atoms with Gasteiger partial charge in [-0.25, -0.2) is 0 Å². The number of anilines is 1. The first-order valence-corrected chi connectivity index (χ1v) is 10.8. The van der Waals surface area contributed by atoms with Crippen molar-refractivity contribution < 1.29 is 9.53 Å². The van der Waals surface area contributed by atoms with E-state index < -0.39 is 0 Å². The molecule has 9 heteroatoms. The van der Waals surface area contributed by atoms with Crippen LogP contribution in [0.4, 0.5) is 5.82 Å². The fourth-order valence-electron chi connectivity index (χ4n) is 4.73. The number of rotatable bonds is 2. The molecule has 0 radical (unpaired) electrons. The number of fused-ring (bicyclic) bond motifs is 2. The van der Waals surface area contributed by atoms with Gasteiger partial charge in [0.25, 0.3) is 0 Å². The molecule has 2 aliphatic heterocycles. The predicted octanol–water partition coefficient (Wildman–Crippen LogP) is 2.95. The average molecular weight is 459 g/mol. The third-order valence-electron chi connectivity index (χ3n) is 6.23. The number of carbonyl (C=O) groups excluding carboxylic acids is 1. The molecule has 1 aliphatic carbocycles. The number of hydrogen-bond donors (Lipinski definition) is 1. The first-order valence-electron chi connectivity index (χ1n) is 10.0. The van der Waals surface area contributed by atoms with E-state index in [1.165, 1.54) is 10.1 Å². The first kappa shape index (κ1) is 22.6. The summed E-state index contributed by atoms with van der Waals surface area (Å²) in [7, 11) is 0. The van der Waals surface area contributed by atoms with Crippen LogP contribution in [0.5, 0.6) is 0 Å². The molecule has 1 saturated carbocycles. The number of aromatic nitrogens is 1. The lowest BCUT2D eigenvalue weighted by atomic mass is 9.82. The van der Waals surface area contributed by atoms with E-state index in [4.69, 9.17) is 4.74 Å². The summed E-state index contributed by atoms with van der Waals surface area (Å²) in [5.41, 5.74) is 0. The summed E-state index contributed by atoms with van der Waals surface area (Å²) in [5.74, 6) is 1.56. The number of amides is 1. The van der Waals surface area contributed by atoms with Gasteiger partial charge in [0.05, 0.1) is 17.4 Å². The van der Waals surface area contributed by atoms with Gasteiger partial charge in [0, 0.05) is 50.1 Å². The van der Waals surface area contributed by atoms with Crippen LogP contribution in [0.25, 0.3) is 10.1 Å². The lowest BCUT2D eigenvalue weighted by Gasteiger charge is -2.42. The zero-order valence-electron chi connectivity index (χ0n) is 16.3. The van der Waals surface area contributed by atoms with Crippen LogP contribution in [-0.2, 0) is 9.53 Å². The third kappa shape index (κ3) is 4.49. The minimum absolute atomic E-state index is 0. The summed E-state index contributed by atoms with van der Waals surface area (Å²) in [6.45, 7) is 5.01. The second-order valence-corrected chi connectivity index (χ2v) is 8.60. The van der Waals surface area contributed by atoms with Crippen molar-refractivity contribution in [2.45, 2.75) is 31.4 Å². The second kappa shape index (κ2) is 9.79. The van der Waals surface area contributed by atoms with Crippen LogP contribution in [0.3, 0.4) is 0 Å². The van der Waals surface area contributed by atoms with Crippen LogP contribution < -0.4 is 10.2 Å². The van der Waals surface area contributed by atoms with Crippen LogP contribution in [0, 0.1) is 5.92 Å². The molecule has 0 bridgehead atoms. The standard InChI is InChI=1S/C20H26N4O2S.2ClH/c25-20(14-5-6-17-16(13-14)21-7-12-26-17)24-10-8-23(9-11-24)19-15-3-1-2-4-18(15)27-22-19;;/h1-4,14,16-17,21H,5-13H2;2*1H/t14-,16+,17+;;/m0../s1. The number of halogens is 2. The predicted molar refractivity (Wildman–Crippen MR) is 122 cm³/mol. The number of ether oxygens (including phenoxy) is 1. The number of nitrogens with one attached hydrogen (secondary N) is 1. The monoisotopic (exact) mass is 458 g/mol. The number of nitrogens with zero attached hydrogens (tertiary/aromatic N) is 3. The molecule has 29 heavy (non-hydrogen) atoms. The van der Waals surface area contributed by atoms with Gasteiger partial charge < -0.3 is 19.9 Å². The fraction of sp³-hybridized carbons (Fsp3) is 0.600. The Bertz CT molecular complexity index is 828. The molecule has 0 unspecified atom stereocenters. The minimum atomic E-state index is 0. The molecule has 1 N–H and O–H groups in total. The van der Waals surface area contributed by atoms with Crippen molar-refractivity contribution in [2.75, 3.05) is 44.2 Å². The second-order valence-electron chi connectivity index (χ2n) is 7.79. The maximum Gasteiger partial charge on any atom is 0.225 e. The van der Waals surface area contributed by atoms with E-state index in [2.05, 4.69) is 43.8 Å². The Morgan fingerprint density at radius 1 is 1.14 bits per heavy atom. The summed E-state index contributed by atoms with van der Waals surface area (Å²) in [5, 5.41) is 4.77. The van der Waals surface area contributed by atoms with Gasteiger partial charge in [-0.05, 0) is 42.9 Å². The van der Waals surface area contributed by atoms with Crippen molar-refractivity contribution in [3.63, 3.8) is 0 Å². The van der Waals surface area contributed by atoms with Gasteiger partial charge in [-0.15, -0.1) is 24.8 Å². The molecule has 1 aromatic heterocycles. The SMILES string of the molecule is Cl.Cl.O=C([C@H]1CC[C@H]2OCCN[C@@H]2C1)N1CCN(c2nsc3ccccc23)CC1. The molecule has 1 aromatic carbocycles. The molecule has 6 nitrogen and oxygen atoms in total. The molecule has 3 heterocycles. The Morgan fingerprint density at radius 3 is 2.76 bits per heavy atom. The molecule has 1 amide bonds. The van der Waals surface area contributed by atoms with Crippen LogP contribution in [-0.4, -0.2) is 66.7 Å². The number of piperazine rings is 1. The van der Waals surface area contributed by atoms with Crippen molar-refractivity contribution in [2.24, 2.45) is 5.92 Å². The normalized spacial score (nSPS) is 27.0. The van der Waals surface area contributed by atoms with Gasteiger partial charge in [-0.1, -0.05) is 12.1 Å². The Kier molecular flexibility index (Phi) is 7.62. The summed E-state index contributed by atoms with van der Waals surface area (Å²) in [4.78, 5) is 17.5. The summed E-state index contributed by atoms with van der Waals surface area (Å²) >= 11 is 1.56. The topological polar surface area (TPSA) is 57.7 Å². The van der Waals surface area contributed by atoms with Crippen molar-refractivity contribution in [1.29, 1.82) is 0 Å². The van der Waals surface area contributed by atoms with Crippen LogP contribution in [0.1, 0.15) is 19.3 Å². The zero-order chi connectivity index (χ0) is 18.2. The Labute approximate surface area is 187 Å². The smallest absolute Gasteiger partial charge is 0.225 e. The molecule has 3 fully saturated rings. The Balaban J connectivity index is 0.00000120. The molecular weight excluding hydrogens is 431 g/mol. The molecule has 3 atom stereocenters. The molecule has 5 rings (SSSR count). The van der Waals surface area contributed by atoms with Crippen molar-refractivity contribution in [3.8, 4) is 0 Å². The average Bonchev–Trinajstić information content (AvgIpc) is 3.17. The maximum absolute atomic E-state index is 13.1. The van der Waals surface area contributed by atoms with Crippen molar-refractivity contribution >= 4 is 58.2 Å². The van der Waals surface area contributed by atoms with E-state index in [1.807, 2.05) is 0 Å². The highest BCUT2D eigenvalue weighted by molar-refractivity contribution is 7.13. The van der Waals surface area contributed by atoms with Crippen molar-refractivity contribution in [3.05, 3.63) is 24.3 Å². The lowest BCUT2D eigenvalue weighted by molar-refractivity contribution is -0.139.